The second kappa shape index (κ2) is 7.79. The zero-order chi connectivity index (χ0) is 17.0. The maximum absolute atomic E-state index is 12.9. The molecule has 3 rings (SSSR count). The normalized spacial score (nSPS) is 34.7. The van der Waals surface area contributed by atoms with Crippen molar-refractivity contribution in [2.24, 2.45) is 22.7 Å². The molecule has 0 heterocycles. The highest BCUT2D eigenvalue weighted by atomic mass is 16.5. The van der Waals surface area contributed by atoms with Gasteiger partial charge in [-0.05, 0) is 62.2 Å². The van der Waals surface area contributed by atoms with Crippen LogP contribution in [0.15, 0.2) is 0 Å². The van der Waals surface area contributed by atoms with Crippen LogP contribution < -0.4 is 0 Å². The van der Waals surface area contributed by atoms with Gasteiger partial charge in [-0.15, -0.1) is 0 Å². The molecule has 24 heavy (non-hydrogen) atoms. The zero-order valence-corrected chi connectivity index (χ0v) is 16.1. The number of esters is 1. The molecule has 3 saturated carbocycles. The molecule has 0 aromatic carbocycles. The van der Waals surface area contributed by atoms with Crippen LogP contribution in [0.3, 0.4) is 0 Å². The first-order valence-corrected chi connectivity index (χ1v) is 10.8. The third-order valence-corrected chi connectivity index (χ3v) is 8.28. The van der Waals surface area contributed by atoms with Crippen LogP contribution in [-0.4, -0.2) is 13.1 Å². The first-order chi connectivity index (χ1) is 11.7. The van der Waals surface area contributed by atoms with Gasteiger partial charge in [-0.2, -0.15) is 0 Å². The Morgan fingerprint density at radius 2 is 1.38 bits per heavy atom. The highest BCUT2D eigenvalue weighted by Gasteiger charge is 2.56. The smallest absolute Gasteiger partial charge is 0.312 e. The second-order valence-corrected chi connectivity index (χ2v) is 9.00. The van der Waals surface area contributed by atoms with E-state index in [1.807, 2.05) is 0 Å². The number of carbonyl (C=O) groups is 1. The molecule has 0 aromatic rings. The van der Waals surface area contributed by atoms with Gasteiger partial charge >= 0.3 is 5.97 Å². The molecule has 3 fully saturated rings. The van der Waals surface area contributed by atoms with Gasteiger partial charge in [0, 0.05) is 0 Å². The number of ether oxygens (including phenoxy) is 1. The molecule has 2 heteroatoms. The lowest BCUT2D eigenvalue weighted by Gasteiger charge is -2.54. The van der Waals surface area contributed by atoms with Crippen molar-refractivity contribution < 1.29 is 9.53 Å². The summed E-state index contributed by atoms with van der Waals surface area (Å²) in [6.07, 6.45) is 19.5. The van der Waals surface area contributed by atoms with E-state index in [1.165, 1.54) is 77.0 Å². The van der Waals surface area contributed by atoms with E-state index in [9.17, 15) is 4.79 Å². The minimum atomic E-state index is -0.174. The Labute approximate surface area is 149 Å². The lowest BCUT2D eigenvalue weighted by molar-refractivity contribution is -0.171. The average molecular weight is 335 g/mol. The molecule has 0 spiro atoms. The molecule has 2 nitrogen and oxygen atoms in total. The third-order valence-electron chi connectivity index (χ3n) is 8.28. The second-order valence-electron chi connectivity index (χ2n) is 9.00. The number of methoxy groups -OCH3 is 1. The molecule has 0 radical (unpaired) electrons. The Bertz CT molecular complexity index is 408. The summed E-state index contributed by atoms with van der Waals surface area (Å²) in [7, 11) is 1.61. The third kappa shape index (κ3) is 3.15. The van der Waals surface area contributed by atoms with E-state index in [0.29, 0.717) is 0 Å². The summed E-state index contributed by atoms with van der Waals surface area (Å²) in [6, 6.07) is 0. The SMILES string of the molecule is CCC1(C2(C(=O)OC)CCCCC2)CCC(C2CCCCC2)CC1. The van der Waals surface area contributed by atoms with Gasteiger partial charge in [0.2, 0.25) is 0 Å². The van der Waals surface area contributed by atoms with Gasteiger partial charge in [-0.25, -0.2) is 0 Å². The van der Waals surface area contributed by atoms with Crippen LogP contribution >= 0.6 is 0 Å². The largest absolute Gasteiger partial charge is 0.469 e. The lowest BCUT2D eigenvalue weighted by atomic mass is 9.49. The zero-order valence-electron chi connectivity index (χ0n) is 16.1. The Morgan fingerprint density at radius 1 is 0.833 bits per heavy atom. The number of carbonyl (C=O) groups excluding carboxylic acids is 1. The highest BCUT2D eigenvalue weighted by Crippen LogP contribution is 2.60. The Hall–Kier alpha value is -0.530. The van der Waals surface area contributed by atoms with Crippen LogP contribution in [0, 0.1) is 22.7 Å². The highest BCUT2D eigenvalue weighted by molar-refractivity contribution is 5.78. The van der Waals surface area contributed by atoms with Gasteiger partial charge in [0.15, 0.2) is 0 Å². The molecule has 0 atom stereocenters. The quantitative estimate of drug-likeness (QED) is 0.566. The number of hydrogen-bond acceptors (Lipinski definition) is 2. The molecule has 0 bridgehead atoms. The molecular weight excluding hydrogens is 296 g/mol. The van der Waals surface area contributed by atoms with Crippen molar-refractivity contribution in [3.63, 3.8) is 0 Å². The van der Waals surface area contributed by atoms with Crippen LogP contribution in [0.4, 0.5) is 0 Å². The number of hydrogen-bond donors (Lipinski definition) is 0. The van der Waals surface area contributed by atoms with Crippen molar-refractivity contribution in [3.8, 4) is 0 Å². The van der Waals surface area contributed by atoms with Crippen molar-refractivity contribution in [2.45, 2.75) is 103 Å². The van der Waals surface area contributed by atoms with Gasteiger partial charge in [0.05, 0.1) is 12.5 Å². The van der Waals surface area contributed by atoms with Crippen molar-refractivity contribution in [1.29, 1.82) is 0 Å². The standard InChI is InChI=1S/C22H38O2/c1-3-21(22(20(23)24-2)14-8-5-9-15-22)16-12-19(13-17-21)18-10-6-4-7-11-18/h18-19H,3-17H2,1-2H3. The summed E-state index contributed by atoms with van der Waals surface area (Å²) in [5, 5.41) is 0. The summed E-state index contributed by atoms with van der Waals surface area (Å²) in [5.74, 6) is 2.03. The predicted molar refractivity (Wildman–Crippen MR) is 98.8 cm³/mol. The molecule has 0 aromatic heterocycles. The van der Waals surface area contributed by atoms with E-state index >= 15 is 0 Å². The Kier molecular flexibility index (Phi) is 5.93. The van der Waals surface area contributed by atoms with Crippen molar-refractivity contribution in [1.82, 2.24) is 0 Å². The fourth-order valence-corrected chi connectivity index (χ4v) is 6.74. The molecule has 0 unspecified atom stereocenters. The van der Waals surface area contributed by atoms with Gasteiger partial charge in [0.1, 0.15) is 0 Å². The van der Waals surface area contributed by atoms with Gasteiger partial charge in [0.25, 0.3) is 0 Å². The van der Waals surface area contributed by atoms with E-state index in [0.717, 1.165) is 31.1 Å². The maximum atomic E-state index is 12.9. The summed E-state index contributed by atoms with van der Waals surface area (Å²) in [4.78, 5) is 12.9. The number of rotatable bonds is 4. The molecular formula is C22H38O2. The molecule has 0 N–H and O–H groups in total. The first-order valence-electron chi connectivity index (χ1n) is 10.8. The van der Waals surface area contributed by atoms with Crippen molar-refractivity contribution >= 4 is 5.97 Å². The van der Waals surface area contributed by atoms with E-state index in [2.05, 4.69) is 6.92 Å². The van der Waals surface area contributed by atoms with Crippen molar-refractivity contribution in [2.75, 3.05) is 7.11 Å². The first kappa shape index (κ1) is 18.3. The summed E-state index contributed by atoms with van der Waals surface area (Å²) in [6.45, 7) is 2.33. The fraction of sp³-hybridized carbons (Fsp3) is 0.955. The van der Waals surface area contributed by atoms with Crippen LogP contribution in [0.2, 0.25) is 0 Å². The summed E-state index contributed by atoms with van der Waals surface area (Å²) in [5.41, 5.74) is 0.0396. The van der Waals surface area contributed by atoms with Gasteiger partial charge in [-0.3, -0.25) is 4.79 Å². The minimum Gasteiger partial charge on any atom is -0.469 e. The topological polar surface area (TPSA) is 26.3 Å². The summed E-state index contributed by atoms with van der Waals surface area (Å²) >= 11 is 0. The molecule has 3 aliphatic rings. The molecule has 0 aliphatic heterocycles. The summed E-state index contributed by atoms with van der Waals surface area (Å²) < 4.78 is 5.38. The minimum absolute atomic E-state index is 0.111. The van der Waals surface area contributed by atoms with E-state index in [4.69, 9.17) is 4.74 Å². The van der Waals surface area contributed by atoms with Gasteiger partial charge in [-0.1, -0.05) is 58.3 Å². The van der Waals surface area contributed by atoms with E-state index < -0.39 is 0 Å². The van der Waals surface area contributed by atoms with Crippen molar-refractivity contribution in [3.05, 3.63) is 0 Å². The molecule has 138 valence electrons. The van der Waals surface area contributed by atoms with Crippen LogP contribution in [0.5, 0.6) is 0 Å². The monoisotopic (exact) mass is 334 g/mol. The molecule has 3 aliphatic carbocycles. The fourth-order valence-electron chi connectivity index (χ4n) is 6.74. The molecule has 0 saturated heterocycles. The van der Waals surface area contributed by atoms with Crippen LogP contribution in [-0.2, 0) is 9.53 Å². The van der Waals surface area contributed by atoms with E-state index in [1.54, 1.807) is 7.11 Å². The Morgan fingerprint density at radius 3 is 1.92 bits per heavy atom. The maximum Gasteiger partial charge on any atom is 0.312 e. The Balaban J connectivity index is 1.75. The van der Waals surface area contributed by atoms with Crippen LogP contribution in [0.25, 0.3) is 0 Å². The van der Waals surface area contributed by atoms with Gasteiger partial charge < -0.3 is 4.74 Å². The van der Waals surface area contributed by atoms with Crippen LogP contribution in [0.1, 0.15) is 103 Å². The molecule has 0 amide bonds. The lowest BCUT2D eigenvalue weighted by Crippen LogP contribution is -2.51. The van der Waals surface area contributed by atoms with E-state index in [-0.39, 0.29) is 16.8 Å². The average Bonchev–Trinajstić information content (AvgIpc) is 2.68. The predicted octanol–water partition coefficient (Wildman–Crippen LogP) is 6.28.